The van der Waals surface area contributed by atoms with E-state index in [2.05, 4.69) is 10.6 Å². The lowest BCUT2D eigenvalue weighted by Gasteiger charge is -2.24. The Labute approximate surface area is 203 Å². The summed E-state index contributed by atoms with van der Waals surface area (Å²) in [5.74, 6) is -0.728. The van der Waals surface area contributed by atoms with E-state index < -0.39 is 55.8 Å². The second-order valence-electron chi connectivity index (χ2n) is 7.87. The molecular formula is C22H20ClF6N3O2S. The van der Waals surface area contributed by atoms with Crippen molar-refractivity contribution in [3.8, 4) is 6.07 Å². The fraction of sp³-hybridized carbons (Fsp3) is 0.318. The van der Waals surface area contributed by atoms with Gasteiger partial charge in [0.1, 0.15) is 11.9 Å². The topological polar surface area (TPSA) is 82.0 Å². The third-order valence-electron chi connectivity index (χ3n) is 4.95. The first-order chi connectivity index (χ1) is 16.0. The van der Waals surface area contributed by atoms with Gasteiger partial charge >= 0.3 is 12.4 Å². The molecule has 2 rings (SSSR count). The van der Waals surface area contributed by atoms with Gasteiger partial charge in [-0.2, -0.15) is 31.6 Å². The van der Waals surface area contributed by atoms with Gasteiger partial charge in [0.05, 0.1) is 16.0 Å². The smallest absolute Gasteiger partial charge is 0.367 e. The molecule has 190 valence electrons. The average Bonchev–Trinajstić information content (AvgIpc) is 2.72. The van der Waals surface area contributed by atoms with Gasteiger partial charge in [0, 0.05) is 16.8 Å². The first kappa shape index (κ1) is 28.3. The van der Waals surface area contributed by atoms with Gasteiger partial charge in [-0.25, -0.2) is 8.42 Å². The second kappa shape index (κ2) is 10.4. The SMILES string of the molecule is CC(C)[C@@H](C)N/C(Nc1cc(C(F)(F)F)cc(C(F)(F)F)c1)=C(\C#N)S(=O)(=O)c1ccc(Cl)cc1. The summed E-state index contributed by atoms with van der Waals surface area (Å²) in [5.41, 5.74) is -3.93. The van der Waals surface area contributed by atoms with E-state index in [0.717, 1.165) is 12.1 Å². The summed E-state index contributed by atoms with van der Waals surface area (Å²) in [7, 11) is -4.55. The van der Waals surface area contributed by atoms with Crippen LogP contribution in [0.5, 0.6) is 0 Å². The van der Waals surface area contributed by atoms with Crippen molar-refractivity contribution in [1.29, 1.82) is 5.26 Å². The number of benzene rings is 2. The number of halogens is 7. The molecule has 0 aliphatic carbocycles. The van der Waals surface area contributed by atoms with Crippen LogP contribution < -0.4 is 10.6 Å². The van der Waals surface area contributed by atoms with Crippen molar-refractivity contribution in [1.82, 2.24) is 5.32 Å². The summed E-state index contributed by atoms with van der Waals surface area (Å²) in [6.07, 6.45) is -10.2. The van der Waals surface area contributed by atoms with Gasteiger partial charge in [-0.1, -0.05) is 25.4 Å². The number of nitrogens with one attached hydrogen (secondary N) is 2. The lowest BCUT2D eigenvalue weighted by Crippen LogP contribution is -2.35. The summed E-state index contributed by atoms with van der Waals surface area (Å²) in [6, 6.07) is 6.42. The molecular weight excluding hydrogens is 520 g/mol. The quantitative estimate of drug-likeness (QED) is 0.306. The first-order valence-electron chi connectivity index (χ1n) is 9.95. The Kier molecular flexibility index (Phi) is 8.40. The minimum Gasteiger partial charge on any atom is -0.367 e. The molecule has 5 nitrogen and oxygen atoms in total. The Bertz CT molecular complexity index is 1220. The Hall–Kier alpha value is -2.91. The highest BCUT2D eigenvalue weighted by Crippen LogP contribution is 2.38. The number of nitriles is 1. The van der Waals surface area contributed by atoms with E-state index in [9.17, 15) is 40.0 Å². The Balaban J connectivity index is 2.76. The molecule has 35 heavy (non-hydrogen) atoms. The fourth-order valence-corrected chi connectivity index (χ4v) is 4.06. The Morgan fingerprint density at radius 1 is 0.943 bits per heavy atom. The van der Waals surface area contributed by atoms with E-state index in [-0.39, 0.29) is 21.9 Å². The molecule has 13 heteroatoms. The summed E-state index contributed by atoms with van der Waals surface area (Å²) in [5, 5.41) is 14.9. The van der Waals surface area contributed by atoms with Gasteiger partial charge in [-0.15, -0.1) is 0 Å². The zero-order valence-electron chi connectivity index (χ0n) is 18.5. The molecule has 0 saturated heterocycles. The van der Waals surface area contributed by atoms with Crippen molar-refractivity contribution < 1.29 is 34.8 Å². The van der Waals surface area contributed by atoms with E-state index in [4.69, 9.17) is 11.6 Å². The molecule has 0 spiro atoms. The molecule has 0 bridgehead atoms. The molecule has 2 aromatic carbocycles. The number of anilines is 1. The van der Waals surface area contributed by atoms with Gasteiger partial charge in [0.25, 0.3) is 0 Å². The van der Waals surface area contributed by atoms with Crippen LogP contribution in [-0.4, -0.2) is 14.5 Å². The Morgan fingerprint density at radius 2 is 1.43 bits per heavy atom. The highest BCUT2D eigenvalue weighted by atomic mass is 35.5. The maximum absolute atomic E-state index is 13.3. The van der Waals surface area contributed by atoms with E-state index >= 15 is 0 Å². The minimum atomic E-state index is -5.12. The molecule has 0 aliphatic heterocycles. The van der Waals surface area contributed by atoms with Crippen LogP contribution in [0.4, 0.5) is 32.0 Å². The molecule has 0 aromatic heterocycles. The van der Waals surface area contributed by atoms with Crippen LogP contribution in [0.15, 0.2) is 58.1 Å². The number of hydrogen-bond acceptors (Lipinski definition) is 5. The van der Waals surface area contributed by atoms with Crippen molar-refractivity contribution in [2.24, 2.45) is 5.92 Å². The molecule has 0 saturated carbocycles. The van der Waals surface area contributed by atoms with Gasteiger partial charge in [0.2, 0.25) is 9.84 Å². The number of allylic oxidation sites excluding steroid dienone is 1. The molecule has 0 radical (unpaired) electrons. The molecule has 1 atom stereocenters. The summed E-state index contributed by atoms with van der Waals surface area (Å²) in [6.45, 7) is 5.08. The third kappa shape index (κ3) is 7.05. The minimum absolute atomic E-state index is 0.0611. The van der Waals surface area contributed by atoms with Gasteiger partial charge in [-0.05, 0) is 55.3 Å². The maximum Gasteiger partial charge on any atom is 0.416 e. The predicted molar refractivity (Wildman–Crippen MR) is 119 cm³/mol. The van der Waals surface area contributed by atoms with Crippen molar-refractivity contribution >= 4 is 27.1 Å². The van der Waals surface area contributed by atoms with E-state index in [1.54, 1.807) is 20.8 Å². The number of sulfone groups is 1. The second-order valence-corrected chi connectivity index (χ2v) is 10.2. The largest absolute Gasteiger partial charge is 0.416 e. The summed E-state index contributed by atoms with van der Waals surface area (Å²) in [4.78, 5) is -1.28. The van der Waals surface area contributed by atoms with Crippen molar-refractivity contribution in [3.05, 3.63) is 69.3 Å². The van der Waals surface area contributed by atoms with Crippen LogP contribution in [0.1, 0.15) is 31.9 Å². The normalized spacial score (nSPS) is 14.2. The van der Waals surface area contributed by atoms with E-state index in [0.29, 0.717) is 12.1 Å². The van der Waals surface area contributed by atoms with Gasteiger partial charge < -0.3 is 10.6 Å². The zero-order chi connectivity index (χ0) is 26.8. The average molecular weight is 540 g/mol. The fourth-order valence-electron chi connectivity index (χ4n) is 2.71. The van der Waals surface area contributed by atoms with Crippen molar-refractivity contribution in [2.45, 2.75) is 44.1 Å². The lowest BCUT2D eigenvalue weighted by atomic mass is 10.1. The number of alkyl halides is 6. The standard InChI is InChI=1S/C22H20ClF6N3O2S/c1-12(2)13(3)31-20(19(11-30)35(33,34)18-6-4-16(23)5-7-18)32-17-9-14(21(24,25)26)8-15(10-17)22(27,28)29/h4-10,12-13,31-32H,1-3H3/b20-19-/t13-/m1/s1. The van der Waals surface area contributed by atoms with Crippen LogP contribution >= 0.6 is 11.6 Å². The van der Waals surface area contributed by atoms with Gasteiger partial charge in [-0.3, -0.25) is 0 Å². The zero-order valence-corrected chi connectivity index (χ0v) is 20.1. The van der Waals surface area contributed by atoms with Gasteiger partial charge in [0.15, 0.2) is 4.91 Å². The van der Waals surface area contributed by atoms with Crippen LogP contribution in [0.2, 0.25) is 5.02 Å². The maximum atomic E-state index is 13.3. The van der Waals surface area contributed by atoms with Crippen molar-refractivity contribution in [2.75, 3.05) is 5.32 Å². The highest BCUT2D eigenvalue weighted by molar-refractivity contribution is 7.95. The van der Waals surface area contributed by atoms with E-state index in [1.165, 1.54) is 18.2 Å². The predicted octanol–water partition coefficient (Wildman–Crippen LogP) is 6.59. The molecule has 0 amide bonds. The highest BCUT2D eigenvalue weighted by Gasteiger charge is 2.37. The number of hydrogen-bond donors (Lipinski definition) is 2. The van der Waals surface area contributed by atoms with Crippen LogP contribution in [0.3, 0.4) is 0 Å². The molecule has 0 fully saturated rings. The molecule has 2 aromatic rings. The van der Waals surface area contributed by atoms with Crippen LogP contribution in [0, 0.1) is 17.2 Å². The lowest BCUT2D eigenvalue weighted by molar-refractivity contribution is -0.143. The third-order valence-corrected chi connectivity index (χ3v) is 6.93. The molecule has 2 N–H and O–H groups in total. The molecule has 0 unspecified atom stereocenters. The molecule has 0 heterocycles. The van der Waals surface area contributed by atoms with Crippen LogP contribution in [0.25, 0.3) is 0 Å². The monoisotopic (exact) mass is 539 g/mol. The van der Waals surface area contributed by atoms with Crippen LogP contribution in [-0.2, 0) is 22.2 Å². The summed E-state index contributed by atoms with van der Waals surface area (Å²) < 4.78 is 106. The number of nitrogens with zero attached hydrogens (tertiary/aromatic N) is 1. The summed E-state index contributed by atoms with van der Waals surface area (Å²) >= 11 is 5.77. The first-order valence-corrected chi connectivity index (χ1v) is 11.8. The van der Waals surface area contributed by atoms with Crippen molar-refractivity contribution in [3.63, 3.8) is 0 Å². The Morgan fingerprint density at radius 3 is 1.83 bits per heavy atom. The van der Waals surface area contributed by atoms with E-state index in [1.807, 2.05) is 0 Å². The number of rotatable bonds is 7. The molecule has 0 aliphatic rings.